The van der Waals surface area contributed by atoms with Crippen molar-refractivity contribution >= 4 is 28.6 Å². The zero-order chi connectivity index (χ0) is 18.7. The van der Waals surface area contributed by atoms with E-state index in [-0.39, 0.29) is 7.43 Å². The van der Waals surface area contributed by atoms with E-state index in [4.69, 9.17) is 11.6 Å². The van der Waals surface area contributed by atoms with Crippen LogP contribution in [0.15, 0.2) is 78.4 Å². The van der Waals surface area contributed by atoms with Crippen LogP contribution in [-0.4, -0.2) is 38.5 Å². The third-order valence-corrected chi connectivity index (χ3v) is 4.82. The van der Waals surface area contributed by atoms with Gasteiger partial charge in [0.15, 0.2) is 5.71 Å². The fraction of sp³-hybridized carbons (Fsp3) is 0.208. The van der Waals surface area contributed by atoms with E-state index in [9.17, 15) is 0 Å². The first-order chi connectivity index (χ1) is 12.5. The maximum Gasteiger partial charge on any atom is 0.199 e. The summed E-state index contributed by atoms with van der Waals surface area (Å²) in [6.45, 7) is 0. The molecule has 0 fully saturated rings. The fourth-order valence-corrected chi connectivity index (χ4v) is 3.22. The van der Waals surface area contributed by atoms with Crippen LogP contribution in [0, 0.1) is 0 Å². The molecule has 0 aliphatic heterocycles. The quantitative estimate of drug-likeness (QED) is 0.621. The number of allylic oxidation sites excluding steroid dienone is 5. The van der Waals surface area contributed by atoms with Gasteiger partial charge in [0.1, 0.15) is 14.1 Å². The average molecular weight is 380 g/mol. The SMILES string of the molecule is C.CN(C)c1ccc(C(=C2C=CC(=[N+](C)C)C=C2)c2ccccc2Cl)cc1. The molecule has 0 bridgehead atoms. The van der Waals surface area contributed by atoms with Crippen molar-refractivity contribution in [2.75, 3.05) is 33.1 Å². The summed E-state index contributed by atoms with van der Waals surface area (Å²) in [5.74, 6) is 0. The summed E-state index contributed by atoms with van der Waals surface area (Å²) in [4.78, 5) is 2.10. The summed E-state index contributed by atoms with van der Waals surface area (Å²) < 4.78 is 2.10. The zero-order valence-corrected chi connectivity index (χ0v) is 16.5. The van der Waals surface area contributed by atoms with Gasteiger partial charge in [0, 0.05) is 42.5 Å². The van der Waals surface area contributed by atoms with Crippen LogP contribution in [0.25, 0.3) is 5.57 Å². The molecule has 1 aliphatic carbocycles. The number of nitrogens with zero attached hydrogens (tertiary/aromatic N) is 2. The monoisotopic (exact) mass is 379 g/mol. The molecule has 2 aromatic rings. The van der Waals surface area contributed by atoms with Crippen molar-refractivity contribution in [3.05, 3.63) is 94.6 Å². The van der Waals surface area contributed by atoms with E-state index < -0.39 is 0 Å². The van der Waals surface area contributed by atoms with E-state index in [1.54, 1.807) is 0 Å². The van der Waals surface area contributed by atoms with Crippen LogP contribution in [0.5, 0.6) is 0 Å². The summed E-state index contributed by atoms with van der Waals surface area (Å²) >= 11 is 6.54. The minimum absolute atomic E-state index is 0. The van der Waals surface area contributed by atoms with E-state index in [2.05, 4.69) is 64.1 Å². The Balaban J connectivity index is 0.00000261. The molecule has 3 rings (SSSR count). The third kappa shape index (κ3) is 4.58. The lowest BCUT2D eigenvalue weighted by molar-refractivity contribution is -0.462. The van der Waals surface area contributed by atoms with Crippen LogP contribution in [0.2, 0.25) is 5.02 Å². The first-order valence-corrected chi connectivity index (χ1v) is 9.02. The Bertz CT molecular complexity index is 907. The van der Waals surface area contributed by atoms with Crippen molar-refractivity contribution in [3.63, 3.8) is 0 Å². The van der Waals surface area contributed by atoms with Crippen molar-refractivity contribution < 1.29 is 4.58 Å². The topological polar surface area (TPSA) is 6.25 Å². The second kappa shape index (κ2) is 8.88. The van der Waals surface area contributed by atoms with Crippen molar-refractivity contribution in [3.8, 4) is 0 Å². The molecule has 0 spiro atoms. The lowest BCUT2D eigenvalue weighted by Crippen LogP contribution is -2.10. The average Bonchev–Trinajstić information content (AvgIpc) is 2.64. The van der Waals surface area contributed by atoms with Gasteiger partial charge < -0.3 is 4.90 Å². The van der Waals surface area contributed by atoms with Crippen molar-refractivity contribution in [1.29, 1.82) is 0 Å². The molecule has 27 heavy (non-hydrogen) atoms. The first kappa shape index (κ1) is 20.7. The number of rotatable bonds is 3. The maximum absolute atomic E-state index is 6.54. The summed E-state index contributed by atoms with van der Waals surface area (Å²) in [6, 6.07) is 16.6. The molecule has 0 amide bonds. The van der Waals surface area contributed by atoms with Gasteiger partial charge in [0.2, 0.25) is 0 Å². The molecule has 2 aromatic carbocycles. The Morgan fingerprint density at radius 1 is 0.852 bits per heavy atom. The molecule has 1 aliphatic rings. The minimum Gasteiger partial charge on any atom is -0.378 e. The number of hydrogen-bond acceptors (Lipinski definition) is 1. The summed E-state index contributed by atoms with van der Waals surface area (Å²) in [5, 5.41) is 0.760. The molecule has 2 nitrogen and oxygen atoms in total. The van der Waals surface area contributed by atoms with Crippen molar-refractivity contribution in [2.24, 2.45) is 0 Å². The standard InChI is InChI=1S/C23H24ClN2.CH4/c1-25(2)19-13-9-17(10-14-19)23(21-7-5-6-8-22(21)24)18-11-15-20(16-12-18)26(3)4;/h5-16H,1-4H3;1H4/q+1;. The molecule has 0 aromatic heterocycles. The van der Waals surface area contributed by atoms with Crippen LogP contribution in [0.4, 0.5) is 5.69 Å². The van der Waals surface area contributed by atoms with Gasteiger partial charge in [-0.1, -0.05) is 49.4 Å². The first-order valence-electron chi connectivity index (χ1n) is 8.65. The van der Waals surface area contributed by atoms with Gasteiger partial charge >= 0.3 is 0 Å². The van der Waals surface area contributed by atoms with Crippen LogP contribution >= 0.6 is 11.6 Å². The van der Waals surface area contributed by atoms with E-state index in [0.29, 0.717) is 0 Å². The predicted molar refractivity (Wildman–Crippen MR) is 120 cm³/mol. The van der Waals surface area contributed by atoms with Gasteiger partial charge in [-0.2, -0.15) is 0 Å². The van der Waals surface area contributed by atoms with Gasteiger partial charge in [0.05, 0.1) is 0 Å². The van der Waals surface area contributed by atoms with E-state index in [0.717, 1.165) is 27.3 Å². The van der Waals surface area contributed by atoms with E-state index >= 15 is 0 Å². The highest BCUT2D eigenvalue weighted by Gasteiger charge is 2.15. The zero-order valence-electron chi connectivity index (χ0n) is 15.7. The maximum atomic E-state index is 6.54. The smallest absolute Gasteiger partial charge is 0.199 e. The Kier molecular flexibility index (Phi) is 6.81. The molecule has 0 saturated heterocycles. The third-order valence-electron chi connectivity index (χ3n) is 4.49. The molecule has 0 atom stereocenters. The van der Waals surface area contributed by atoms with Crippen LogP contribution in [0.1, 0.15) is 18.6 Å². The largest absolute Gasteiger partial charge is 0.378 e. The molecule has 0 radical (unpaired) electrons. The highest BCUT2D eigenvalue weighted by molar-refractivity contribution is 6.32. The lowest BCUT2D eigenvalue weighted by Gasteiger charge is -2.17. The Hall–Kier alpha value is -2.58. The number of hydrogen-bond donors (Lipinski definition) is 0. The minimum atomic E-state index is 0. The molecular weight excluding hydrogens is 352 g/mol. The van der Waals surface area contributed by atoms with Gasteiger partial charge in [-0.15, -0.1) is 0 Å². The molecule has 0 unspecified atom stereocenters. The van der Waals surface area contributed by atoms with Crippen LogP contribution in [0.3, 0.4) is 0 Å². The second-order valence-corrected chi connectivity index (χ2v) is 7.14. The molecular formula is C24H28ClN2+. The molecule has 0 N–H and O–H groups in total. The summed E-state index contributed by atoms with van der Waals surface area (Å²) in [5.41, 5.74) is 6.85. The molecule has 0 heterocycles. The van der Waals surface area contributed by atoms with Gasteiger partial charge in [-0.05, 0) is 47.1 Å². The highest BCUT2D eigenvalue weighted by Crippen LogP contribution is 2.34. The van der Waals surface area contributed by atoms with Gasteiger partial charge in [-0.25, -0.2) is 4.58 Å². The van der Waals surface area contributed by atoms with Crippen LogP contribution < -0.4 is 4.90 Å². The Morgan fingerprint density at radius 3 is 1.96 bits per heavy atom. The van der Waals surface area contributed by atoms with Gasteiger partial charge in [-0.3, -0.25) is 0 Å². The summed E-state index contributed by atoms with van der Waals surface area (Å²) in [6.07, 6.45) is 8.60. The normalized spacial score (nSPS) is 12.6. The summed E-state index contributed by atoms with van der Waals surface area (Å²) in [7, 11) is 8.20. The fourth-order valence-electron chi connectivity index (χ4n) is 2.99. The number of halogens is 1. The van der Waals surface area contributed by atoms with Crippen LogP contribution in [-0.2, 0) is 0 Å². The van der Waals surface area contributed by atoms with E-state index in [1.807, 2.05) is 46.4 Å². The van der Waals surface area contributed by atoms with Crippen molar-refractivity contribution in [2.45, 2.75) is 7.43 Å². The molecule has 0 saturated carbocycles. The Morgan fingerprint density at radius 2 is 1.44 bits per heavy atom. The second-order valence-electron chi connectivity index (χ2n) is 6.74. The molecule has 3 heteroatoms. The predicted octanol–water partition coefficient (Wildman–Crippen LogP) is 5.68. The van der Waals surface area contributed by atoms with Gasteiger partial charge in [0.25, 0.3) is 0 Å². The molecule has 140 valence electrons. The highest BCUT2D eigenvalue weighted by atomic mass is 35.5. The van der Waals surface area contributed by atoms with Crippen molar-refractivity contribution in [1.82, 2.24) is 0 Å². The van der Waals surface area contributed by atoms with E-state index in [1.165, 1.54) is 11.4 Å². The Labute approximate surface area is 168 Å². The number of anilines is 1. The lowest BCUT2D eigenvalue weighted by atomic mass is 9.90. The number of benzene rings is 2.